The van der Waals surface area contributed by atoms with E-state index >= 15 is 0 Å². The Morgan fingerprint density at radius 2 is 1.72 bits per heavy atom. The Hall–Kier alpha value is -1.56. The summed E-state index contributed by atoms with van der Waals surface area (Å²) in [5, 5.41) is 3.33. The normalized spacial score (nSPS) is 19.0. The maximum Gasteiger partial charge on any atom is 0.416 e. The average molecular weight is 354 g/mol. The largest absolute Gasteiger partial charge is 0.416 e. The summed E-state index contributed by atoms with van der Waals surface area (Å²) >= 11 is 0. The summed E-state index contributed by atoms with van der Waals surface area (Å²) in [5.74, 6) is 0.748. The van der Waals surface area contributed by atoms with E-state index in [0.29, 0.717) is 18.9 Å². The minimum absolute atomic E-state index is 0.140. The van der Waals surface area contributed by atoms with Gasteiger partial charge in [-0.3, -0.25) is 4.79 Å². The van der Waals surface area contributed by atoms with Gasteiger partial charge >= 0.3 is 6.18 Å². The second-order valence-electron chi connectivity index (χ2n) is 7.18. The summed E-state index contributed by atoms with van der Waals surface area (Å²) < 4.78 is 38.0. The Kier molecular flexibility index (Phi) is 5.67. The number of carbonyl (C=O) groups excluding carboxylic acids is 1. The van der Waals surface area contributed by atoms with Crippen LogP contribution in [-0.4, -0.2) is 29.9 Å². The van der Waals surface area contributed by atoms with Crippen LogP contribution >= 0.6 is 0 Å². The zero-order valence-corrected chi connectivity index (χ0v) is 14.3. The first-order chi connectivity index (χ1) is 11.9. The molecule has 1 aromatic carbocycles. The molecule has 0 bridgehead atoms. The van der Waals surface area contributed by atoms with Crippen LogP contribution in [0, 0.1) is 5.92 Å². The maximum absolute atomic E-state index is 12.7. The van der Waals surface area contributed by atoms with Crippen molar-refractivity contribution in [3.8, 4) is 0 Å². The number of hydrogen-bond acceptors (Lipinski definition) is 2. The van der Waals surface area contributed by atoms with Crippen molar-refractivity contribution < 1.29 is 18.0 Å². The van der Waals surface area contributed by atoms with Crippen molar-refractivity contribution in [2.75, 3.05) is 13.1 Å². The predicted octanol–water partition coefficient (Wildman–Crippen LogP) is 3.98. The van der Waals surface area contributed by atoms with Gasteiger partial charge in [-0.2, -0.15) is 13.2 Å². The summed E-state index contributed by atoms with van der Waals surface area (Å²) in [4.78, 5) is 14.5. The van der Waals surface area contributed by atoms with E-state index in [2.05, 4.69) is 5.32 Å². The molecular formula is C19H25F3N2O. The van der Waals surface area contributed by atoms with E-state index in [1.807, 2.05) is 4.90 Å². The molecule has 2 aliphatic rings. The highest BCUT2D eigenvalue weighted by molar-refractivity contribution is 5.76. The second-order valence-corrected chi connectivity index (χ2v) is 7.18. The average Bonchev–Trinajstić information content (AvgIpc) is 3.43. The van der Waals surface area contributed by atoms with E-state index < -0.39 is 11.7 Å². The lowest BCUT2D eigenvalue weighted by Crippen LogP contribution is -2.33. The van der Waals surface area contributed by atoms with Gasteiger partial charge in [-0.05, 0) is 68.8 Å². The number of nitrogens with one attached hydrogen (secondary N) is 1. The molecule has 1 N–H and O–H groups in total. The van der Waals surface area contributed by atoms with Crippen molar-refractivity contribution in [1.29, 1.82) is 0 Å². The number of amides is 1. The predicted molar refractivity (Wildman–Crippen MR) is 89.8 cm³/mol. The maximum atomic E-state index is 12.7. The highest BCUT2D eigenvalue weighted by Crippen LogP contribution is 2.32. The van der Waals surface area contributed by atoms with Gasteiger partial charge in [-0.25, -0.2) is 0 Å². The van der Waals surface area contributed by atoms with Gasteiger partial charge in [-0.15, -0.1) is 0 Å². The first kappa shape index (κ1) is 18.2. The summed E-state index contributed by atoms with van der Waals surface area (Å²) in [6.45, 7) is 2.46. The van der Waals surface area contributed by atoms with Gasteiger partial charge < -0.3 is 10.2 Å². The van der Waals surface area contributed by atoms with Crippen LogP contribution in [0.15, 0.2) is 24.3 Å². The third kappa shape index (κ3) is 5.21. The summed E-state index contributed by atoms with van der Waals surface area (Å²) in [5.41, 5.74) is 0.113. The molecule has 6 heteroatoms. The van der Waals surface area contributed by atoms with Gasteiger partial charge in [0.1, 0.15) is 0 Å². The Bertz CT molecular complexity index is 575. The second kappa shape index (κ2) is 7.77. The number of hydrogen-bond donors (Lipinski definition) is 1. The molecule has 0 spiro atoms. The summed E-state index contributed by atoms with van der Waals surface area (Å²) in [6, 6.07) is 5.43. The van der Waals surface area contributed by atoms with E-state index in [0.717, 1.165) is 62.9 Å². The SMILES string of the molecule is O=C(CCC1CCNCC1)N(Cc1ccc(C(F)(F)F)cc1)C1CC1. The highest BCUT2D eigenvalue weighted by Gasteiger charge is 2.33. The zero-order valence-electron chi connectivity index (χ0n) is 14.3. The molecule has 1 aliphatic carbocycles. The van der Waals surface area contributed by atoms with E-state index in [-0.39, 0.29) is 11.9 Å². The number of carbonyl (C=O) groups is 1. The van der Waals surface area contributed by atoms with Crippen LogP contribution in [0.1, 0.15) is 49.7 Å². The molecule has 1 aromatic rings. The molecule has 25 heavy (non-hydrogen) atoms. The zero-order chi connectivity index (χ0) is 17.9. The number of benzene rings is 1. The van der Waals surface area contributed by atoms with Crippen LogP contribution in [0.3, 0.4) is 0 Å². The fourth-order valence-electron chi connectivity index (χ4n) is 3.44. The lowest BCUT2D eigenvalue weighted by Gasteiger charge is -2.26. The van der Waals surface area contributed by atoms with Gasteiger partial charge in [0.25, 0.3) is 0 Å². The molecule has 3 nitrogen and oxygen atoms in total. The molecule has 1 aliphatic heterocycles. The number of alkyl halides is 3. The smallest absolute Gasteiger partial charge is 0.335 e. The summed E-state index contributed by atoms with van der Waals surface area (Å²) in [7, 11) is 0. The van der Waals surface area contributed by atoms with Crippen LogP contribution in [0.5, 0.6) is 0 Å². The Morgan fingerprint density at radius 3 is 2.28 bits per heavy atom. The molecule has 1 saturated carbocycles. The molecule has 0 radical (unpaired) electrons. The van der Waals surface area contributed by atoms with E-state index in [1.54, 1.807) is 0 Å². The van der Waals surface area contributed by atoms with Gasteiger partial charge in [0.05, 0.1) is 5.56 Å². The molecule has 1 saturated heterocycles. The quantitative estimate of drug-likeness (QED) is 0.838. The molecule has 1 heterocycles. The topological polar surface area (TPSA) is 32.3 Å². The van der Waals surface area contributed by atoms with Gasteiger partial charge in [0.2, 0.25) is 5.91 Å². The lowest BCUT2D eigenvalue weighted by molar-refractivity contribution is -0.137. The fourth-order valence-corrected chi connectivity index (χ4v) is 3.44. The number of rotatable bonds is 6. The molecule has 138 valence electrons. The molecule has 0 aromatic heterocycles. The first-order valence-corrected chi connectivity index (χ1v) is 9.10. The standard InChI is InChI=1S/C19H25F3N2O/c20-19(21,22)16-4-1-15(2-5-16)13-24(17-6-7-17)18(25)8-3-14-9-11-23-12-10-14/h1-2,4-5,14,17,23H,3,6-13H2. The first-order valence-electron chi connectivity index (χ1n) is 9.10. The van der Waals surface area contributed by atoms with E-state index in [4.69, 9.17) is 0 Å². The third-order valence-electron chi connectivity index (χ3n) is 5.17. The van der Waals surface area contributed by atoms with Crippen LogP contribution in [-0.2, 0) is 17.5 Å². The Labute approximate surface area is 146 Å². The molecule has 0 unspecified atom stereocenters. The number of halogens is 3. The highest BCUT2D eigenvalue weighted by atomic mass is 19.4. The van der Waals surface area contributed by atoms with Crippen molar-refractivity contribution in [3.05, 3.63) is 35.4 Å². The van der Waals surface area contributed by atoms with E-state index in [9.17, 15) is 18.0 Å². The minimum atomic E-state index is -4.32. The van der Waals surface area contributed by atoms with Crippen LogP contribution in [0.25, 0.3) is 0 Å². The molecular weight excluding hydrogens is 329 g/mol. The Balaban J connectivity index is 1.56. The molecule has 2 fully saturated rings. The van der Waals surface area contributed by atoms with Crippen LogP contribution in [0.4, 0.5) is 13.2 Å². The monoisotopic (exact) mass is 354 g/mol. The fraction of sp³-hybridized carbons (Fsp3) is 0.632. The van der Waals surface area contributed by atoms with Crippen molar-refractivity contribution in [2.45, 2.75) is 57.3 Å². The van der Waals surface area contributed by atoms with Crippen molar-refractivity contribution >= 4 is 5.91 Å². The Morgan fingerprint density at radius 1 is 1.08 bits per heavy atom. The van der Waals surface area contributed by atoms with Gasteiger partial charge in [-0.1, -0.05) is 12.1 Å². The minimum Gasteiger partial charge on any atom is -0.335 e. The number of nitrogens with zero attached hydrogens (tertiary/aromatic N) is 1. The number of piperidine rings is 1. The molecule has 1 amide bonds. The van der Waals surface area contributed by atoms with Crippen molar-refractivity contribution in [1.82, 2.24) is 10.2 Å². The van der Waals surface area contributed by atoms with Crippen LogP contribution < -0.4 is 5.32 Å². The van der Waals surface area contributed by atoms with E-state index in [1.165, 1.54) is 12.1 Å². The summed E-state index contributed by atoms with van der Waals surface area (Å²) in [6.07, 6.45) is 1.38. The van der Waals surface area contributed by atoms with Crippen LogP contribution in [0.2, 0.25) is 0 Å². The van der Waals surface area contributed by atoms with Crippen molar-refractivity contribution in [3.63, 3.8) is 0 Å². The third-order valence-corrected chi connectivity index (χ3v) is 5.17. The lowest BCUT2D eigenvalue weighted by atomic mass is 9.93. The molecule has 3 rings (SSSR count). The van der Waals surface area contributed by atoms with Gasteiger partial charge in [0.15, 0.2) is 0 Å². The van der Waals surface area contributed by atoms with Crippen molar-refractivity contribution in [2.24, 2.45) is 5.92 Å². The molecule has 0 atom stereocenters. The van der Waals surface area contributed by atoms with Gasteiger partial charge in [0, 0.05) is 19.0 Å².